The number of rotatable bonds is 8. The molecule has 0 radical (unpaired) electrons. The highest BCUT2D eigenvalue weighted by Gasteiger charge is 2.18. The van der Waals surface area contributed by atoms with Gasteiger partial charge < -0.3 is 20.3 Å². The molecule has 1 aliphatic rings. The van der Waals surface area contributed by atoms with Crippen molar-refractivity contribution in [2.75, 3.05) is 34.3 Å². The second kappa shape index (κ2) is 11.1. The topological polar surface area (TPSA) is 48.9 Å². The van der Waals surface area contributed by atoms with Crippen LogP contribution in [0.2, 0.25) is 0 Å². The fourth-order valence-corrected chi connectivity index (χ4v) is 3.25. The monoisotopic (exact) mass is 360 g/mol. The molecule has 0 unspecified atom stereocenters. The van der Waals surface area contributed by atoms with E-state index in [1.54, 1.807) is 0 Å². The van der Waals surface area contributed by atoms with E-state index >= 15 is 0 Å². The first kappa shape index (κ1) is 20.6. The minimum Gasteiger partial charge on any atom is -0.494 e. The summed E-state index contributed by atoms with van der Waals surface area (Å²) < 4.78 is 5.78. The molecule has 0 spiro atoms. The van der Waals surface area contributed by atoms with E-state index in [2.05, 4.69) is 53.7 Å². The predicted molar refractivity (Wildman–Crippen MR) is 110 cm³/mol. The van der Waals surface area contributed by atoms with Gasteiger partial charge in [0.05, 0.1) is 6.61 Å². The van der Waals surface area contributed by atoms with E-state index in [0.717, 1.165) is 43.7 Å². The van der Waals surface area contributed by atoms with Gasteiger partial charge in [-0.05, 0) is 69.8 Å². The Morgan fingerprint density at radius 3 is 2.46 bits per heavy atom. The van der Waals surface area contributed by atoms with Crippen LogP contribution < -0.4 is 15.4 Å². The van der Waals surface area contributed by atoms with E-state index in [4.69, 9.17) is 4.74 Å². The Balaban J connectivity index is 1.70. The third-order valence-corrected chi connectivity index (χ3v) is 4.98. The Morgan fingerprint density at radius 2 is 1.85 bits per heavy atom. The van der Waals surface area contributed by atoms with Gasteiger partial charge in [-0.25, -0.2) is 0 Å². The van der Waals surface area contributed by atoms with Gasteiger partial charge in [0.1, 0.15) is 5.75 Å². The van der Waals surface area contributed by atoms with Gasteiger partial charge in [0, 0.05) is 26.2 Å². The van der Waals surface area contributed by atoms with Gasteiger partial charge in [-0.3, -0.25) is 4.99 Å². The summed E-state index contributed by atoms with van der Waals surface area (Å²) in [7, 11) is 6.00. The summed E-state index contributed by atoms with van der Waals surface area (Å²) in [6.45, 7) is 4.92. The van der Waals surface area contributed by atoms with Crippen molar-refractivity contribution < 1.29 is 4.74 Å². The maximum atomic E-state index is 5.78. The lowest BCUT2D eigenvalue weighted by molar-refractivity contribution is 0.281. The summed E-state index contributed by atoms with van der Waals surface area (Å²) in [5, 5.41) is 6.98. The summed E-state index contributed by atoms with van der Waals surface area (Å²) in [5.74, 6) is 2.70. The van der Waals surface area contributed by atoms with Crippen molar-refractivity contribution in [3.05, 3.63) is 29.8 Å². The van der Waals surface area contributed by atoms with Crippen molar-refractivity contribution in [1.82, 2.24) is 15.5 Å². The molecule has 1 aromatic rings. The van der Waals surface area contributed by atoms with Crippen LogP contribution >= 0.6 is 0 Å². The highest BCUT2D eigenvalue weighted by atomic mass is 16.5. The summed E-state index contributed by atoms with van der Waals surface area (Å²) in [4.78, 5) is 6.54. The van der Waals surface area contributed by atoms with Crippen LogP contribution in [0.25, 0.3) is 0 Å². The van der Waals surface area contributed by atoms with E-state index in [1.165, 1.54) is 31.2 Å². The summed E-state index contributed by atoms with van der Waals surface area (Å²) >= 11 is 0. The zero-order valence-electron chi connectivity index (χ0n) is 16.9. The predicted octanol–water partition coefficient (Wildman–Crippen LogP) is 3.26. The first-order valence-corrected chi connectivity index (χ1v) is 9.90. The second-order valence-electron chi connectivity index (χ2n) is 7.68. The number of nitrogens with zero attached hydrogens (tertiary/aromatic N) is 2. The molecule has 0 aliphatic heterocycles. The number of nitrogens with one attached hydrogen (secondary N) is 2. The number of aliphatic imine (C=N–C) groups is 1. The van der Waals surface area contributed by atoms with Crippen LogP contribution in [-0.2, 0) is 6.54 Å². The lowest BCUT2D eigenvalue weighted by Crippen LogP contribution is -2.44. The molecule has 1 aliphatic carbocycles. The fraction of sp³-hybridized carbons (Fsp3) is 0.667. The van der Waals surface area contributed by atoms with Crippen LogP contribution in [0.15, 0.2) is 29.3 Å². The van der Waals surface area contributed by atoms with E-state index in [-0.39, 0.29) is 0 Å². The maximum Gasteiger partial charge on any atom is 0.191 e. The largest absolute Gasteiger partial charge is 0.494 e. The SMILES string of the molecule is CN=C(NCc1ccc(OCCCN(C)C)cc1)NC1CCC(C)CC1. The number of guanidine groups is 1. The van der Waals surface area contributed by atoms with E-state index in [1.807, 2.05) is 19.2 Å². The van der Waals surface area contributed by atoms with Crippen molar-refractivity contribution in [2.24, 2.45) is 10.9 Å². The minimum atomic E-state index is 0.551. The van der Waals surface area contributed by atoms with Gasteiger partial charge >= 0.3 is 0 Å². The van der Waals surface area contributed by atoms with Crippen LogP contribution in [0, 0.1) is 5.92 Å². The first-order valence-electron chi connectivity index (χ1n) is 9.90. The number of hydrogen-bond acceptors (Lipinski definition) is 3. The van der Waals surface area contributed by atoms with E-state index in [9.17, 15) is 0 Å². The molecule has 1 saturated carbocycles. The third-order valence-electron chi connectivity index (χ3n) is 4.98. The Bertz CT molecular complexity index is 533. The molecular weight excluding hydrogens is 324 g/mol. The molecule has 146 valence electrons. The maximum absolute atomic E-state index is 5.78. The second-order valence-corrected chi connectivity index (χ2v) is 7.68. The molecule has 0 heterocycles. The van der Waals surface area contributed by atoms with Gasteiger partial charge in [-0.15, -0.1) is 0 Å². The highest BCUT2D eigenvalue weighted by Crippen LogP contribution is 2.23. The normalized spacial score (nSPS) is 20.9. The smallest absolute Gasteiger partial charge is 0.191 e. The molecular formula is C21H36N4O. The van der Waals surface area contributed by atoms with Crippen LogP contribution in [-0.4, -0.2) is 51.2 Å². The van der Waals surface area contributed by atoms with Crippen LogP contribution in [0.4, 0.5) is 0 Å². The molecule has 2 rings (SSSR count). The molecule has 5 nitrogen and oxygen atoms in total. The number of ether oxygens (including phenoxy) is 1. The van der Waals surface area contributed by atoms with E-state index in [0.29, 0.717) is 6.04 Å². The zero-order chi connectivity index (χ0) is 18.8. The molecule has 0 atom stereocenters. The Morgan fingerprint density at radius 1 is 1.15 bits per heavy atom. The van der Waals surface area contributed by atoms with Crippen LogP contribution in [0.1, 0.15) is 44.6 Å². The standard InChI is InChI=1S/C21H36N4O/c1-17-6-10-19(11-7-17)24-21(22-2)23-16-18-8-12-20(13-9-18)26-15-5-14-25(3)4/h8-9,12-13,17,19H,5-7,10-11,14-16H2,1-4H3,(H2,22,23,24). The van der Waals surface area contributed by atoms with Crippen LogP contribution in [0.5, 0.6) is 5.75 Å². The molecule has 0 amide bonds. The van der Waals surface area contributed by atoms with Gasteiger partial charge in [0.15, 0.2) is 5.96 Å². The Hall–Kier alpha value is -1.75. The van der Waals surface area contributed by atoms with Crippen molar-refractivity contribution >= 4 is 5.96 Å². The molecule has 0 aromatic heterocycles. The lowest BCUT2D eigenvalue weighted by Gasteiger charge is -2.28. The Kier molecular flexibility index (Phi) is 8.75. The molecule has 2 N–H and O–H groups in total. The van der Waals surface area contributed by atoms with Crippen molar-refractivity contribution in [1.29, 1.82) is 0 Å². The Labute approximate surface area is 159 Å². The molecule has 0 bridgehead atoms. The summed E-state index contributed by atoms with van der Waals surface area (Å²) in [6, 6.07) is 8.88. The third kappa shape index (κ3) is 7.65. The fourth-order valence-electron chi connectivity index (χ4n) is 3.25. The molecule has 1 aromatic carbocycles. The zero-order valence-corrected chi connectivity index (χ0v) is 16.9. The van der Waals surface area contributed by atoms with Crippen LogP contribution in [0.3, 0.4) is 0 Å². The summed E-state index contributed by atoms with van der Waals surface area (Å²) in [6.07, 6.45) is 6.14. The average Bonchev–Trinajstić information content (AvgIpc) is 2.64. The molecule has 1 fully saturated rings. The first-order chi connectivity index (χ1) is 12.6. The minimum absolute atomic E-state index is 0.551. The van der Waals surface area contributed by atoms with Gasteiger partial charge in [-0.1, -0.05) is 19.1 Å². The quantitative estimate of drug-likeness (QED) is 0.424. The van der Waals surface area contributed by atoms with Crippen molar-refractivity contribution in [3.63, 3.8) is 0 Å². The van der Waals surface area contributed by atoms with Gasteiger partial charge in [0.25, 0.3) is 0 Å². The van der Waals surface area contributed by atoms with E-state index < -0.39 is 0 Å². The molecule has 5 heteroatoms. The average molecular weight is 361 g/mol. The van der Waals surface area contributed by atoms with Gasteiger partial charge in [-0.2, -0.15) is 0 Å². The summed E-state index contributed by atoms with van der Waals surface area (Å²) in [5.41, 5.74) is 1.23. The highest BCUT2D eigenvalue weighted by molar-refractivity contribution is 5.79. The number of benzene rings is 1. The molecule has 26 heavy (non-hydrogen) atoms. The van der Waals surface area contributed by atoms with Gasteiger partial charge in [0.2, 0.25) is 0 Å². The lowest BCUT2D eigenvalue weighted by atomic mass is 9.87. The molecule has 0 saturated heterocycles. The number of hydrogen-bond donors (Lipinski definition) is 2. The van der Waals surface area contributed by atoms with Crippen molar-refractivity contribution in [3.8, 4) is 5.75 Å². The van der Waals surface area contributed by atoms with Crippen molar-refractivity contribution in [2.45, 2.75) is 51.6 Å².